The van der Waals surface area contributed by atoms with Crippen molar-refractivity contribution in [2.75, 3.05) is 5.73 Å². The molecule has 0 unspecified atom stereocenters. The van der Waals surface area contributed by atoms with E-state index in [1.807, 2.05) is 53.2 Å². The Labute approximate surface area is 110 Å². The van der Waals surface area contributed by atoms with Crippen LogP contribution in [-0.4, -0.2) is 9.38 Å². The zero-order valence-corrected chi connectivity index (χ0v) is 10.4. The predicted octanol–water partition coefficient (Wildman–Crippen LogP) is 3.16. The number of hydrogen-bond acceptors (Lipinski definition) is 2. The van der Waals surface area contributed by atoms with Gasteiger partial charge in [0, 0.05) is 29.5 Å². The predicted molar refractivity (Wildman–Crippen MR) is 73.9 cm³/mol. The van der Waals surface area contributed by atoms with Crippen LogP contribution in [0.4, 0.5) is 5.69 Å². The molecule has 2 N–H and O–H groups in total. The third-order valence-corrected chi connectivity index (χ3v) is 3.07. The van der Waals surface area contributed by atoms with Crippen molar-refractivity contribution < 1.29 is 0 Å². The Morgan fingerprint density at radius 1 is 1.06 bits per heavy atom. The number of nitrogen functional groups attached to an aromatic ring is 1. The Morgan fingerprint density at radius 2 is 1.83 bits per heavy atom. The van der Waals surface area contributed by atoms with E-state index in [1.54, 1.807) is 0 Å². The Hall–Kier alpha value is -2.00. The second kappa shape index (κ2) is 4.35. The lowest BCUT2D eigenvalue weighted by atomic mass is 10.1. The van der Waals surface area contributed by atoms with E-state index in [-0.39, 0.29) is 0 Å². The van der Waals surface area contributed by atoms with Gasteiger partial charge in [-0.15, -0.1) is 0 Å². The fraction of sp³-hybridized carbons (Fsp3) is 0.0714. The van der Waals surface area contributed by atoms with E-state index in [1.165, 1.54) is 5.56 Å². The lowest BCUT2D eigenvalue weighted by Gasteiger charge is -1.97. The van der Waals surface area contributed by atoms with Gasteiger partial charge in [-0.3, -0.25) is 0 Å². The van der Waals surface area contributed by atoms with Crippen molar-refractivity contribution in [1.29, 1.82) is 0 Å². The zero-order chi connectivity index (χ0) is 12.5. The molecule has 1 aromatic carbocycles. The molecule has 4 heteroatoms. The first-order valence-corrected chi connectivity index (χ1v) is 6.06. The molecule has 3 aromatic rings. The standard InChI is InChI=1S/C14H12ClN3/c15-11-3-1-10(2-4-11)7-13-9-18-8-12(16)5-6-14(18)17-13/h1-6,8-9H,7,16H2. The summed E-state index contributed by atoms with van der Waals surface area (Å²) < 4.78 is 1.95. The first kappa shape index (κ1) is 11.1. The van der Waals surface area contributed by atoms with E-state index in [9.17, 15) is 0 Å². The number of aromatic nitrogens is 2. The second-order valence-electron chi connectivity index (χ2n) is 4.26. The maximum atomic E-state index is 5.86. The largest absolute Gasteiger partial charge is 0.398 e. The van der Waals surface area contributed by atoms with Gasteiger partial charge in [0.15, 0.2) is 0 Å². The molecule has 0 radical (unpaired) electrons. The molecule has 3 rings (SSSR count). The van der Waals surface area contributed by atoms with E-state index in [0.717, 1.165) is 28.5 Å². The van der Waals surface area contributed by atoms with Crippen molar-refractivity contribution in [3.63, 3.8) is 0 Å². The quantitative estimate of drug-likeness (QED) is 0.766. The van der Waals surface area contributed by atoms with Gasteiger partial charge >= 0.3 is 0 Å². The molecule has 0 saturated carbocycles. The minimum Gasteiger partial charge on any atom is -0.398 e. The Kier molecular flexibility index (Phi) is 2.68. The molecule has 90 valence electrons. The van der Waals surface area contributed by atoms with Crippen molar-refractivity contribution >= 4 is 22.9 Å². The zero-order valence-electron chi connectivity index (χ0n) is 9.68. The minimum atomic E-state index is 0.734. The average Bonchev–Trinajstić information content (AvgIpc) is 2.73. The Morgan fingerprint density at radius 3 is 2.61 bits per heavy atom. The van der Waals surface area contributed by atoms with Crippen molar-refractivity contribution in [2.24, 2.45) is 0 Å². The van der Waals surface area contributed by atoms with Crippen LogP contribution in [0.25, 0.3) is 5.65 Å². The molecule has 2 heterocycles. The van der Waals surface area contributed by atoms with Crippen LogP contribution in [0.5, 0.6) is 0 Å². The molecule has 2 aromatic heterocycles. The number of anilines is 1. The Bertz CT molecular complexity index is 686. The number of halogens is 1. The van der Waals surface area contributed by atoms with Gasteiger partial charge in [0.2, 0.25) is 0 Å². The summed E-state index contributed by atoms with van der Waals surface area (Å²) >= 11 is 5.86. The van der Waals surface area contributed by atoms with Gasteiger partial charge in [-0.1, -0.05) is 23.7 Å². The summed E-state index contributed by atoms with van der Waals surface area (Å²) in [6.45, 7) is 0. The number of imidazole rings is 1. The maximum Gasteiger partial charge on any atom is 0.137 e. The highest BCUT2D eigenvalue weighted by atomic mass is 35.5. The Balaban J connectivity index is 1.92. The van der Waals surface area contributed by atoms with Crippen molar-refractivity contribution in [3.05, 3.63) is 65.1 Å². The molecule has 0 atom stereocenters. The van der Waals surface area contributed by atoms with Crippen LogP contribution in [0.1, 0.15) is 11.3 Å². The van der Waals surface area contributed by atoms with Crippen molar-refractivity contribution in [1.82, 2.24) is 9.38 Å². The number of hydrogen-bond donors (Lipinski definition) is 1. The van der Waals surface area contributed by atoms with Crippen LogP contribution in [0, 0.1) is 0 Å². The van der Waals surface area contributed by atoms with E-state index >= 15 is 0 Å². The lowest BCUT2D eigenvalue weighted by molar-refractivity contribution is 1.11. The van der Waals surface area contributed by atoms with Crippen LogP contribution in [0.3, 0.4) is 0 Å². The molecular weight excluding hydrogens is 246 g/mol. The van der Waals surface area contributed by atoms with Gasteiger partial charge in [-0.05, 0) is 29.8 Å². The van der Waals surface area contributed by atoms with Gasteiger partial charge in [0.05, 0.1) is 5.69 Å². The molecule has 0 saturated heterocycles. The van der Waals surface area contributed by atoms with Crippen LogP contribution in [-0.2, 0) is 6.42 Å². The average molecular weight is 258 g/mol. The maximum absolute atomic E-state index is 5.86. The summed E-state index contributed by atoms with van der Waals surface area (Å²) in [7, 11) is 0. The molecule has 0 fully saturated rings. The number of fused-ring (bicyclic) bond motifs is 1. The van der Waals surface area contributed by atoms with Gasteiger partial charge in [-0.25, -0.2) is 4.98 Å². The van der Waals surface area contributed by atoms with Gasteiger partial charge in [0.1, 0.15) is 5.65 Å². The summed E-state index contributed by atoms with van der Waals surface area (Å²) in [5.74, 6) is 0. The summed E-state index contributed by atoms with van der Waals surface area (Å²) in [5, 5.41) is 0.751. The van der Waals surface area contributed by atoms with Crippen molar-refractivity contribution in [3.8, 4) is 0 Å². The van der Waals surface area contributed by atoms with Gasteiger partial charge < -0.3 is 10.1 Å². The molecular formula is C14H12ClN3. The van der Waals surface area contributed by atoms with Crippen LogP contribution in [0.15, 0.2) is 48.8 Å². The van der Waals surface area contributed by atoms with E-state index in [2.05, 4.69) is 4.98 Å². The molecule has 0 aliphatic heterocycles. The first-order chi connectivity index (χ1) is 8.70. The molecule has 3 nitrogen and oxygen atoms in total. The first-order valence-electron chi connectivity index (χ1n) is 5.68. The second-order valence-corrected chi connectivity index (χ2v) is 4.70. The van der Waals surface area contributed by atoms with Gasteiger partial charge in [0.25, 0.3) is 0 Å². The molecule has 0 amide bonds. The van der Waals surface area contributed by atoms with Crippen LogP contribution >= 0.6 is 11.6 Å². The smallest absolute Gasteiger partial charge is 0.137 e. The third-order valence-electron chi connectivity index (χ3n) is 2.82. The van der Waals surface area contributed by atoms with Crippen LogP contribution < -0.4 is 5.73 Å². The monoisotopic (exact) mass is 257 g/mol. The summed E-state index contributed by atoms with van der Waals surface area (Å²) in [4.78, 5) is 4.55. The fourth-order valence-corrected chi connectivity index (χ4v) is 2.08. The fourth-order valence-electron chi connectivity index (χ4n) is 1.96. The summed E-state index contributed by atoms with van der Waals surface area (Å²) in [6, 6.07) is 11.6. The molecule has 0 aliphatic carbocycles. The number of pyridine rings is 1. The highest BCUT2D eigenvalue weighted by molar-refractivity contribution is 6.30. The molecule has 0 spiro atoms. The SMILES string of the molecule is Nc1ccc2nc(Cc3ccc(Cl)cc3)cn2c1. The minimum absolute atomic E-state index is 0.734. The number of nitrogens with two attached hydrogens (primary N) is 1. The van der Waals surface area contributed by atoms with E-state index < -0.39 is 0 Å². The van der Waals surface area contributed by atoms with Crippen LogP contribution in [0.2, 0.25) is 5.02 Å². The van der Waals surface area contributed by atoms with Crippen molar-refractivity contribution in [2.45, 2.75) is 6.42 Å². The number of rotatable bonds is 2. The summed E-state index contributed by atoms with van der Waals surface area (Å²) in [6.07, 6.45) is 4.66. The number of nitrogens with zero attached hydrogens (tertiary/aromatic N) is 2. The topological polar surface area (TPSA) is 43.3 Å². The highest BCUT2D eigenvalue weighted by Crippen LogP contribution is 2.15. The van der Waals surface area contributed by atoms with Gasteiger partial charge in [-0.2, -0.15) is 0 Å². The molecule has 18 heavy (non-hydrogen) atoms. The molecule has 0 bridgehead atoms. The highest BCUT2D eigenvalue weighted by Gasteiger charge is 2.03. The normalized spacial score (nSPS) is 10.9. The third kappa shape index (κ3) is 2.17. The van der Waals surface area contributed by atoms with E-state index in [0.29, 0.717) is 0 Å². The molecule has 0 aliphatic rings. The van der Waals surface area contributed by atoms with E-state index in [4.69, 9.17) is 17.3 Å². The number of benzene rings is 1. The summed E-state index contributed by atoms with van der Waals surface area (Å²) in [5.41, 5.74) is 9.59. The lowest BCUT2D eigenvalue weighted by Crippen LogP contribution is -1.88.